The van der Waals surface area contributed by atoms with Gasteiger partial charge >= 0.3 is 5.97 Å². The van der Waals surface area contributed by atoms with Crippen molar-refractivity contribution >= 4 is 25.3 Å². The van der Waals surface area contributed by atoms with Gasteiger partial charge in [-0.3, -0.25) is 9.79 Å². The lowest BCUT2D eigenvalue weighted by atomic mass is 10.0. The number of carboxylic acids is 1. The van der Waals surface area contributed by atoms with E-state index in [9.17, 15) is 9.59 Å². The van der Waals surface area contributed by atoms with Crippen LogP contribution in [-0.4, -0.2) is 36.5 Å². The first-order chi connectivity index (χ1) is 6.45. The smallest absolute Gasteiger partial charge is 0.333 e. The zero-order valence-corrected chi connectivity index (χ0v) is 7.56. The fraction of sp³-hybridized carbons (Fsp3) is 0.111. The Morgan fingerprint density at radius 1 is 1.21 bits per heavy atom. The Bertz CT molecular complexity index is 331. The number of carbonyl (C=O) groups excluding carboxylic acids is 1. The maximum atomic E-state index is 11.0. The molecule has 0 aliphatic heterocycles. The Labute approximate surface area is 81.2 Å². The van der Waals surface area contributed by atoms with E-state index >= 15 is 0 Å². The van der Waals surface area contributed by atoms with E-state index in [2.05, 4.69) is 36.6 Å². The second-order valence-electron chi connectivity index (χ2n) is 2.39. The molecule has 0 rings (SSSR count). The topological polar surface area (TPSA) is 79.1 Å². The fourth-order valence-corrected chi connectivity index (χ4v) is 0.735. The summed E-state index contributed by atoms with van der Waals surface area (Å²) in [4.78, 5) is 27.9. The van der Waals surface area contributed by atoms with Gasteiger partial charge in [0.25, 0.3) is 5.91 Å². The predicted molar refractivity (Wildman–Crippen MR) is 53.8 cm³/mol. The molecule has 5 nitrogen and oxygen atoms in total. The molecule has 1 amide bonds. The largest absolute Gasteiger partial charge is 0.479 e. The standard InChI is InChI=1S/C9H10N2O3/c1-5(6(2)8(12)11-4)7(10-3)9(13)14/h7H,1-4H2,(H,13,14). The molecule has 0 radical (unpaired) electrons. The van der Waals surface area contributed by atoms with Gasteiger partial charge in [-0.05, 0) is 19.0 Å². The van der Waals surface area contributed by atoms with Crippen molar-refractivity contribution in [2.24, 2.45) is 9.98 Å². The quantitative estimate of drug-likeness (QED) is 0.392. The van der Waals surface area contributed by atoms with Crippen molar-refractivity contribution in [3.8, 4) is 0 Å². The Morgan fingerprint density at radius 2 is 1.71 bits per heavy atom. The van der Waals surface area contributed by atoms with Gasteiger partial charge < -0.3 is 5.11 Å². The van der Waals surface area contributed by atoms with E-state index in [-0.39, 0.29) is 11.1 Å². The molecule has 0 aromatic heterocycles. The van der Waals surface area contributed by atoms with Gasteiger partial charge in [-0.25, -0.2) is 9.79 Å². The molecular weight excluding hydrogens is 184 g/mol. The summed E-state index contributed by atoms with van der Waals surface area (Å²) in [7, 11) is 0. The first kappa shape index (κ1) is 12.0. The molecule has 0 bridgehead atoms. The van der Waals surface area contributed by atoms with E-state index in [1.807, 2.05) is 0 Å². The number of aliphatic carboxylic acids is 1. The SMILES string of the molecule is C=NC(=O)C(=C)C(=C)C(N=C)C(=O)O. The highest BCUT2D eigenvalue weighted by molar-refractivity contribution is 6.01. The van der Waals surface area contributed by atoms with Crippen molar-refractivity contribution in [3.63, 3.8) is 0 Å². The molecule has 0 aromatic carbocycles. The predicted octanol–water partition coefficient (Wildman–Crippen LogP) is 0.480. The minimum atomic E-state index is -1.27. The van der Waals surface area contributed by atoms with E-state index in [4.69, 9.17) is 5.11 Å². The summed E-state index contributed by atoms with van der Waals surface area (Å²) in [6.45, 7) is 12.8. The number of hydrogen-bond donors (Lipinski definition) is 1. The molecule has 0 saturated heterocycles. The molecular formula is C9H10N2O3. The summed E-state index contributed by atoms with van der Waals surface area (Å²) in [5.41, 5.74) is -0.162. The third-order valence-electron chi connectivity index (χ3n) is 1.54. The molecule has 5 heteroatoms. The summed E-state index contributed by atoms with van der Waals surface area (Å²) in [5, 5.41) is 8.65. The molecule has 0 spiro atoms. The monoisotopic (exact) mass is 194 g/mol. The molecule has 0 heterocycles. The number of hydrogen-bond acceptors (Lipinski definition) is 3. The lowest BCUT2D eigenvalue weighted by Crippen LogP contribution is -2.22. The summed E-state index contributed by atoms with van der Waals surface area (Å²) >= 11 is 0. The van der Waals surface area contributed by atoms with E-state index in [0.29, 0.717) is 0 Å². The normalized spacial score (nSPS) is 11.1. The van der Waals surface area contributed by atoms with Crippen molar-refractivity contribution in [1.29, 1.82) is 0 Å². The van der Waals surface area contributed by atoms with Crippen molar-refractivity contribution in [2.75, 3.05) is 0 Å². The van der Waals surface area contributed by atoms with E-state index in [0.717, 1.165) is 0 Å². The Balaban J connectivity index is 4.85. The minimum Gasteiger partial charge on any atom is -0.479 e. The van der Waals surface area contributed by atoms with Crippen LogP contribution in [0.15, 0.2) is 34.3 Å². The van der Waals surface area contributed by atoms with Gasteiger partial charge in [0, 0.05) is 5.57 Å². The van der Waals surface area contributed by atoms with Crippen LogP contribution in [0.25, 0.3) is 0 Å². The van der Waals surface area contributed by atoms with Gasteiger partial charge in [-0.1, -0.05) is 13.2 Å². The van der Waals surface area contributed by atoms with Crippen LogP contribution in [0.5, 0.6) is 0 Å². The molecule has 1 atom stereocenters. The molecule has 0 saturated carbocycles. The second-order valence-corrected chi connectivity index (χ2v) is 2.39. The molecule has 0 aromatic rings. The third-order valence-corrected chi connectivity index (χ3v) is 1.54. The number of rotatable bonds is 5. The summed E-state index contributed by atoms with van der Waals surface area (Å²) < 4.78 is 0. The number of carbonyl (C=O) groups is 2. The first-order valence-electron chi connectivity index (χ1n) is 3.53. The van der Waals surface area contributed by atoms with E-state index < -0.39 is 17.9 Å². The number of aliphatic imine (C=N–C) groups is 2. The molecule has 1 unspecified atom stereocenters. The van der Waals surface area contributed by atoms with Crippen molar-refractivity contribution in [3.05, 3.63) is 24.3 Å². The van der Waals surface area contributed by atoms with Crippen molar-refractivity contribution in [2.45, 2.75) is 6.04 Å². The second kappa shape index (κ2) is 4.86. The number of nitrogens with zero attached hydrogens (tertiary/aromatic N) is 2. The zero-order chi connectivity index (χ0) is 11.3. The fourth-order valence-electron chi connectivity index (χ4n) is 0.735. The van der Waals surface area contributed by atoms with Crippen LogP contribution in [-0.2, 0) is 9.59 Å². The van der Waals surface area contributed by atoms with Crippen LogP contribution in [0.2, 0.25) is 0 Å². The van der Waals surface area contributed by atoms with Crippen LogP contribution < -0.4 is 0 Å². The number of amides is 1. The van der Waals surface area contributed by atoms with Gasteiger partial charge in [-0.15, -0.1) is 0 Å². The van der Waals surface area contributed by atoms with Gasteiger partial charge in [0.05, 0.1) is 0 Å². The minimum absolute atomic E-state index is 0.0371. The Morgan fingerprint density at radius 3 is 2.00 bits per heavy atom. The van der Waals surface area contributed by atoms with Crippen LogP contribution in [0.4, 0.5) is 0 Å². The molecule has 1 N–H and O–H groups in total. The average Bonchev–Trinajstić information content (AvgIpc) is 2.15. The lowest BCUT2D eigenvalue weighted by Gasteiger charge is -2.10. The Hall–Kier alpha value is -2.04. The highest BCUT2D eigenvalue weighted by Gasteiger charge is 2.23. The highest BCUT2D eigenvalue weighted by Crippen LogP contribution is 2.14. The molecule has 0 aliphatic carbocycles. The average molecular weight is 194 g/mol. The van der Waals surface area contributed by atoms with Gasteiger partial charge in [0.2, 0.25) is 0 Å². The third kappa shape index (κ3) is 2.48. The maximum absolute atomic E-state index is 11.0. The molecule has 0 fully saturated rings. The zero-order valence-electron chi connectivity index (χ0n) is 7.56. The van der Waals surface area contributed by atoms with Crippen LogP contribution in [0.1, 0.15) is 0 Å². The maximum Gasteiger partial charge on any atom is 0.333 e. The van der Waals surface area contributed by atoms with Gasteiger partial charge in [-0.2, -0.15) is 0 Å². The van der Waals surface area contributed by atoms with Gasteiger partial charge in [0.1, 0.15) is 0 Å². The lowest BCUT2D eigenvalue weighted by molar-refractivity contribution is -0.137. The number of carboxylic acid groups (broad SMARTS) is 1. The van der Waals surface area contributed by atoms with E-state index in [1.165, 1.54) is 0 Å². The summed E-state index contributed by atoms with van der Waals surface area (Å²) in [6.07, 6.45) is 0. The van der Waals surface area contributed by atoms with Crippen LogP contribution in [0.3, 0.4) is 0 Å². The van der Waals surface area contributed by atoms with Crippen molar-refractivity contribution < 1.29 is 14.7 Å². The molecule has 0 aliphatic rings. The van der Waals surface area contributed by atoms with E-state index in [1.54, 1.807) is 0 Å². The highest BCUT2D eigenvalue weighted by atomic mass is 16.4. The molecule has 14 heavy (non-hydrogen) atoms. The van der Waals surface area contributed by atoms with Crippen LogP contribution >= 0.6 is 0 Å². The van der Waals surface area contributed by atoms with Crippen LogP contribution in [0, 0.1) is 0 Å². The summed E-state index contributed by atoms with van der Waals surface area (Å²) in [6, 6.07) is -1.27. The first-order valence-corrected chi connectivity index (χ1v) is 3.53. The van der Waals surface area contributed by atoms with Crippen molar-refractivity contribution in [1.82, 2.24) is 0 Å². The summed E-state index contributed by atoms with van der Waals surface area (Å²) in [5.74, 6) is -1.96. The van der Waals surface area contributed by atoms with Gasteiger partial charge in [0.15, 0.2) is 6.04 Å². The Kier molecular flexibility index (Phi) is 4.15. The molecule has 74 valence electrons.